The van der Waals surface area contributed by atoms with Crippen LogP contribution in [0.15, 0.2) is 0 Å². The second-order valence-electron chi connectivity index (χ2n) is 8.48. The third-order valence-electron chi connectivity index (χ3n) is 5.91. The highest BCUT2D eigenvalue weighted by Crippen LogP contribution is 2.61. The Morgan fingerprint density at radius 2 is 0.654 bits per heavy atom. The molecule has 0 fully saturated rings. The fourth-order valence-corrected chi connectivity index (χ4v) is 9.27. The second-order valence-corrected chi connectivity index (χ2v) is 13.0. The van der Waals surface area contributed by atoms with Crippen LogP contribution in [0.4, 0.5) is 0 Å². The van der Waals surface area contributed by atoms with Crippen molar-refractivity contribution in [3.05, 3.63) is 0 Å². The van der Waals surface area contributed by atoms with Crippen molar-refractivity contribution in [1.82, 2.24) is 0 Å². The van der Waals surface area contributed by atoms with Crippen molar-refractivity contribution >= 4 is 7.26 Å². The Hall–Kier alpha value is 0.910. The SMILES string of the molecule is CCCCCCC[P+](CCC)(CCCCCCC)CCCCCCC.[Br-]. The van der Waals surface area contributed by atoms with Crippen molar-refractivity contribution in [3.8, 4) is 0 Å². The van der Waals surface area contributed by atoms with E-state index in [9.17, 15) is 0 Å². The van der Waals surface area contributed by atoms with Gasteiger partial charge in [0.25, 0.3) is 0 Å². The zero-order valence-electron chi connectivity index (χ0n) is 19.0. The fourth-order valence-electron chi connectivity index (χ4n) is 4.30. The summed E-state index contributed by atoms with van der Waals surface area (Å²) in [6.45, 7) is 9.45. The minimum atomic E-state index is -0.642. The molecule has 0 atom stereocenters. The van der Waals surface area contributed by atoms with Gasteiger partial charge in [-0.15, -0.1) is 0 Å². The molecule has 0 rings (SSSR count). The summed E-state index contributed by atoms with van der Waals surface area (Å²) in [5.41, 5.74) is 0. The van der Waals surface area contributed by atoms with Crippen LogP contribution in [-0.4, -0.2) is 24.6 Å². The molecule has 0 heterocycles. The Balaban J connectivity index is 0. The topological polar surface area (TPSA) is 0 Å². The van der Waals surface area contributed by atoms with Crippen LogP contribution in [0.25, 0.3) is 0 Å². The zero-order chi connectivity index (χ0) is 18.6. The van der Waals surface area contributed by atoms with Crippen LogP contribution in [0.3, 0.4) is 0 Å². The van der Waals surface area contributed by atoms with Crippen LogP contribution in [-0.2, 0) is 0 Å². The van der Waals surface area contributed by atoms with E-state index in [0.29, 0.717) is 0 Å². The first kappa shape index (κ1) is 29.1. The van der Waals surface area contributed by atoms with Crippen LogP contribution >= 0.6 is 7.26 Å². The lowest BCUT2D eigenvalue weighted by Crippen LogP contribution is -3.00. The maximum atomic E-state index is 2.44. The van der Waals surface area contributed by atoms with Crippen LogP contribution in [0.2, 0.25) is 0 Å². The van der Waals surface area contributed by atoms with Crippen LogP contribution < -0.4 is 17.0 Å². The molecular weight excluding hydrogens is 399 g/mol. The summed E-state index contributed by atoms with van der Waals surface area (Å²) in [5.74, 6) is 0. The number of hydrogen-bond acceptors (Lipinski definition) is 0. The first-order valence-electron chi connectivity index (χ1n) is 12.1. The normalized spacial score (nSPS) is 11.5. The monoisotopic (exact) mass is 450 g/mol. The zero-order valence-corrected chi connectivity index (χ0v) is 21.4. The van der Waals surface area contributed by atoms with Crippen LogP contribution in [0.5, 0.6) is 0 Å². The summed E-state index contributed by atoms with van der Waals surface area (Å²) in [5, 5.41) is 0. The molecule has 0 saturated carbocycles. The Morgan fingerprint density at radius 1 is 0.346 bits per heavy atom. The molecule has 0 N–H and O–H groups in total. The van der Waals surface area contributed by atoms with E-state index in [1.807, 2.05) is 0 Å². The molecule has 0 aliphatic rings. The predicted octanol–water partition coefficient (Wildman–Crippen LogP) is 6.33. The Kier molecular flexibility index (Phi) is 24.9. The predicted molar refractivity (Wildman–Crippen MR) is 123 cm³/mol. The van der Waals surface area contributed by atoms with Gasteiger partial charge in [-0.25, -0.2) is 0 Å². The lowest BCUT2D eigenvalue weighted by molar-refractivity contribution is -0.00000581. The third kappa shape index (κ3) is 17.0. The van der Waals surface area contributed by atoms with Gasteiger partial charge in [0.05, 0.1) is 24.6 Å². The molecule has 0 aromatic heterocycles. The van der Waals surface area contributed by atoms with Crippen LogP contribution in [0.1, 0.15) is 130 Å². The van der Waals surface area contributed by atoms with E-state index in [1.165, 1.54) is 103 Å². The van der Waals surface area contributed by atoms with Gasteiger partial charge in [0.1, 0.15) is 0 Å². The van der Waals surface area contributed by atoms with Crippen molar-refractivity contribution in [2.45, 2.75) is 130 Å². The minimum absolute atomic E-state index is 0. The summed E-state index contributed by atoms with van der Waals surface area (Å²) in [4.78, 5) is 0. The average molecular weight is 452 g/mol. The summed E-state index contributed by atoms with van der Waals surface area (Å²) < 4.78 is 0. The van der Waals surface area contributed by atoms with Gasteiger partial charge in [-0.05, 0) is 44.9 Å². The van der Waals surface area contributed by atoms with Gasteiger partial charge in [0.2, 0.25) is 0 Å². The van der Waals surface area contributed by atoms with E-state index in [2.05, 4.69) is 27.7 Å². The fraction of sp³-hybridized carbons (Fsp3) is 1.00. The van der Waals surface area contributed by atoms with Crippen LogP contribution in [0, 0.1) is 0 Å². The summed E-state index contributed by atoms with van der Waals surface area (Å²) in [7, 11) is -0.642. The highest BCUT2D eigenvalue weighted by molar-refractivity contribution is 7.75. The molecule has 0 bridgehead atoms. The first-order valence-corrected chi connectivity index (χ1v) is 14.6. The molecule has 160 valence electrons. The molecule has 0 spiro atoms. The quantitative estimate of drug-likeness (QED) is 0.150. The summed E-state index contributed by atoms with van der Waals surface area (Å²) in [6.07, 6.45) is 30.0. The molecule has 2 heteroatoms. The standard InChI is InChI=1S/C24H52P.BrH/c1-5-9-12-15-18-22-25(21-8-4,23-19-16-13-10-6-2)24-20-17-14-11-7-3;/h5-24H2,1-4H3;1H/q+1;/p-1. The van der Waals surface area contributed by atoms with Crippen molar-refractivity contribution in [2.24, 2.45) is 0 Å². The van der Waals surface area contributed by atoms with E-state index in [1.54, 1.807) is 24.6 Å². The van der Waals surface area contributed by atoms with Crippen molar-refractivity contribution in [1.29, 1.82) is 0 Å². The molecule has 0 radical (unpaired) electrons. The van der Waals surface area contributed by atoms with Gasteiger partial charge >= 0.3 is 0 Å². The molecule has 0 amide bonds. The number of halogens is 1. The molecule has 0 aliphatic carbocycles. The van der Waals surface area contributed by atoms with E-state index < -0.39 is 7.26 Å². The highest BCUT2D eigenvalue weighted by Gasteiger charge is 2.34. The van der Waals surface area contributed by atoms with E-state index in [0.717, 1.165) is 0 Å². The lowest BCUT2D eigenvalue weighted by atomic mass is 10.2. The second kappa shape index (κ2) is 22.2. The first-order chi connectivity index (χ1) is 12.2. The molecule has 0 nitrogen and oxygen atoms in total. The smallest absolute Gasteiger partial charge is 0.0594 e. The van der Waals surface area contributed by atoms with Crippen molar-refractivity contribution in [2.75, 3.05) is 24.6 Å². The maximum Gasteiger partial charge on any atom is 0.0594 e. The van der Waals surface area contributed by atoms with E-state index in [4.69, 9.17) is 0 Å². The van der Waals surface area contributed by atoms with E-state index >= 15 is 0 Å². The average Bonchev–Trinajstić information content (AvgIpc) is 2.61. The van der Waals surface area contributed by atoms with Crippen molar-refractivity contribution in [3.63, 3.8) is 0 Å². The van der Waals surface area contributed by atoms with E-state index in [-0.39, 0.29) is 17.0 Å². The Bertz CT molecular complexity index is 219. The van der Waals surface area contributed by atoms with Gasteiger partial charge in [-0.2, -0.15) is 0 Å². The Morgan fingerprint density at radius 3 is 0.923 bits per heavy atom. The summed E-state index contributed by atoms with van der Waals surface area (Å²) in [6, 6.07) is 0. The number of rotatable bonds is 20. The molecule has 0 aliphatic heterocycles. The van der Waals surface area contributed by atoms with Gasteiger partial charge in [-0.3, -0.25) is 0 Å². The molecule has 0 saturated heterocycles. The van der Waals surface area contributed by atoms with Gasteiger partial charge in [-0.1, -0.05) is 85.5 Å². The number of hydrogen-bond donors (Lipinski definition) is 0. The van der Waals surface area contributed by atoms with Gasteiger partial charge in [0, 0.05) is 7.26 Å². The minimum Gasteiger partial charge on any atom is -1.00 e. The highest BCUT2D eigenvalue weighted by atomic mass is 79.9. The Labute approximate surface area is 179 Å². The molecule has 0 unspecified atom stereocenters. The molecular formula is C24H52BrP. The maximum absolute atomic E-state index is 2.44. The largest absolute Gasteiger partial charge is 1.00 e. The third-order valence-corrected chi connectivity index (χ3v) is 11.1. The lowest BCUT2D eigenvalue weighted by Gasteiger charge is -2.28. The molecule has 0 aromatic carbocycles. The van der Waals surface area contributed by atoms with Gasteiger partial charge in [0.15, 0.2) is 0 Å². The number of unbranched alkanes of at least 4 members (excludes halogenated alkanes) is 12. The van der Waals surface area contributed by atoms with Crippen molar-refractivity contribution < 1.29 is 17.0 Å². The summed E-state index contributed by atoms with van der Waals surface area (Å²) >= 11 is 0. The molecule has 0 aromatic rings. The van der Waals surface area contributed by atoms with Gasteiger partial charge < -0.3 is 17.0 Å². The molecule has 26 heavy (non-hydrogen) atoms.